The molecule has 2 aliphatic rings. The Morgan fingerprint density at radius 1 is 0.921 bits per heavy atom. The number of aromatic nitrogens is 3. The number of hydrogen-bond donors (Lipinski definition) is 3. The molecule has 8 heteroatoms. The molecule has 3 aromatic carbocycles. The summed E-state index contributed by atoms with van der Waals surface area (Å²) in [6, 6.07) is 27.2. The summed E-state index contributed by atoms with van der Waals surface area (Å²) in [5.74, 6) is 1.51. The molecule has 0 radical (unpaired) electrons. The maximum Gasteiger partial charge on any atom is 0.316 e. The second kappa shape index (κ2) is 8.36. The van der Waals surface area contributed by atoms with E-state index in [2.05, 4.69) is 39.1 Å². The van der Waals surface area contributed by atoms with E-state index in [1.54, 1.807) is 30.5 Å². The van der Waals surface area contributed by atoms with Gasteiger partial charge in [0.25, 0.3) is 4.92 Å². The summed E-state index contributed by atoms with van der Waals surface area (Å²) in [4.78, 5) is 21.1. The van der Waals surface area contributed by atoms with Gasteiger partial charge >= 0.3 is 5.69 Å². The molecule has 0 amide bonds. The molecule has 4 N–H and O–H groups in total. The van der Waals surface area contributed by atoms with Crippen LogP contribution in [0, 0.1) is 4.91 Å². The average molecular weight is 502 g/mol. The maximum atomic E-state index is 11.4. The van der Waals surface area contributed by atoms with Gasteiger partial charge in [-0.05, 0) is 61.2 Å². The molecule has 5 aromatic rings. The first kappa shape index (κ1) is 22.4. The van der Waals surface area contributed by atoms with E-state index >= 15 is 0 Å². The van der Waals surface area contributed by atoms with Gasteiger partial charge in [-0.3, -0.25) is 4.57 Å². The van der Waals surface area contributed by atoms with Gasteiger partial charge < -0.3 is 11.1 Å². The number of fused-ring (bicyclic) bond motifs is 5. The Hall–Kier alpha value is -4.82. The van der Waals surface area contributed by atoms with Crippen LogP contribution in [0.5, 0.6) is 0 Å². The van der Waals surface area contributed by atoms with Crippen LogP contribution >= 0.6 is 0 Å². The van der Waals surface area contributed by atoms with Crippen LogP contribution in [-0.2, 0) is 5.54 Å². The quantitative estimate of drug-likeness (QED) is 0.239. The summed E-state index contributed by atoms with van der Waals surface area (Å²) in [6.45, 7) is 0. The number of imidazole rings is 1. The number of rotatable bonds is 4. The van der Waals surface area contributed by atoms with Crippen LogP contribution in [-0.4, -0.2) is 24.7 Å². The van der Waals surface area contributed by atoms with Crippen molar-refractivity contribution in [3.63, 3.8) is 0 Å². The molecule has 1 saturated carbocycles. The molecule has 0 atom stereocenters. The first-order chi connectivity index (χ1) is 18.5. The summed E-state index contributed by atoms with van der Waals surface area (Å²) in [5, 5.41) is 12.8. The van der Waals surface area contributed by atoms with Gasteiger partial charge in [0, 0.05) is 40.6 Å². The Morgan fingerprint density at radius 3 is 2.37 bits per heavy atom. The lowest BCUT2D eigenvalue weighted by molar-refractivity contribution is -0.729. The number of nitrogens with two attached hydrogens (primary N) is 1. The molecule has 0 saturated heterocycles. The van der Waals surface area contributed by atoms with Crippen LogP contribution in [0.1, 0.15) is 24.8 Å². The Labute approximate surface area is 219 Å². The van der Waals surface area contributed by atoms with Crippen molar-refractivity contribution in [2.45, 2.75) is 24.8 Å². The SMILES string of the molecule is NC1(c2ccc(-c3c(-c4ccc([N+](=O)O)cc4)nc4n3-c3cccnc3Nc3ccccc3-4)cc2)CCC1. The number of para-hydroxylation sites is 1. The van der Waals surface area contributed by atoms with E-state index in [4.69, 9.17) is 10.7 Å². The van der Waals surface area contributed by atoms with Crippen LogP contribution in [0.2, 0.25) is 0 Å². The molecule has 1 aliphatic heterocycles. The van der Waals surface area contributed by atoms with Crippen LogP contribution in [0.15, 0.2) is 91.1 Å². The predicted molar refractivity (Wildman–Crippen MR) is 146 cm³/mol. The molecule has 0 spiro atoms. The fourth-order valence-electron chi connectivity index (χ4n) is 5.44. The molecular weight excluding hydrogens is 476 g/mol. The largest absolute Gasteiger partial charge is 0.338 e. The van der Waals surface area contributed by atoms with E-state index in [0.29, 0.717) is 0 Å². The summed E-state index contributed by atoms with van der Waals surface area (Å²) in [7, 11) is 0. The highest BCUT2D eigenvalue weighted by molar-refractivity contribution is 5.90. The van der Waals surface area contributed by atoms with Crippen LogP contribution in [0.25, 0.3) is 39.6 Å². The van der Waals surface area contributed by atoms with Gasteiger partial charge in [-0.15, -0.1) is 0 Å². The number of nitrogens with one attached hydrogen (secondary N) is 1. The Morgan fingerprint density at radius 2 is 1.66 bits per heavy atom. The lowest BCUT2D eigenvalue weighted by atomic mass is 9.72. The van der Waals surface area contributed by atoms with Gasteiger partial charge in [-0.25, -0.2) is 15.2 Å². The van der Waals surface area contributed by atoms with Crippen molar-refractivity contribution >= 4 is 17.2 Å². The van der Waals surface area contributed by atoms with E-state index < -0.39 is 0 Å². The number of anilines is 2. The molecule has 8 nitrogen and oxygen atoms in total. The van der Waals surface area contributed by atoms with E-state index in [0.717, 1.165) is 75.9 Å². The molecule has 0 bridgehead atoms. The lowest BCUT2D eigenvalue weighted by Gasteiger charge is -2.38. The van der Waals surface area contributed by atoms with Gasteiger partial charge in [-0.2, -0.15) is 0 Å². The molecule has 38 heavy (non-hydrogen) atoms. The van der Waals surface area contributed by atoms with Crippen molar-refractivity contribution in [2.24, 2.45) is 5.73 Å². The van der Waals surface area contributed by atoms with Crippen LogP contribution in [0.3, 0.4) is 0 Å². The first-order valence-corrected chi connectivity index (χ1v) is 12.6. The number of nitrogens with zero attached hydrogens (tertiary/aromatic N) is 4. The van der Waals surface area contributed by atoms with E-state index in [-0.39, 0.29) is 16.1 Å². The standard InChI is InChI=1S/C30H25N6O2/c31-30(16-4-17-30)21-12-8-20(9-13-21)27-26(19-10-14-22(15-11-19)36(37)38)34-29-23-5-1-2-6-24(23)33-28-25(35(27)29)7-3-18-32-28/h1-3,5-15,18H,4,16-17,31H2,(H,32,33)(H,37,38)/q+1. The Bertz CT molecular complexity index is 1700. The second-order valence-corrected chi connectivity index (χ2v) is 9.92. The summed E-state index contributed by atoms with van der Waals surface area (Å²) in [5.41, 5.74) is 13.9. The molecule has 0 unspecified atom stereocenters. The zero-order valence-corrected chi connectivity index (χ0v) is 20.5. The Balaban J connectivity index is 1.51. The van der Waals surface area contributed by atoms with Crippen molar-refractivity contribution in [1.29, 1.82) is 0 Å². The third-order valence-electron chi connectivity index (χ3n) is 7.67. The fraction of sp³-hybridized carbons (Fsp3) is 0.133. The number of benzene rings is 3. The molecular formula is C30H25N6O2+. The number of hydrogen-bond acceptors (Lipinski definition) is 5. The third-order valence-corrected chi connectivity index (χ3v) is 7.67. The normalized spacial score (nSPS) is 14.8. The van der Waals surface area contributed by atoms with Crippen LogP contribution in [0.4, 0.5) is 17.2 Å². The van der Waals surface area contributed by atoms with E-state index in [1.165, 1.54) is 0 Å². The zero-order valence-electron chi connectivity index (χ0n) is 20.5. The second-order valence-electron chi connectivity index (χ2n) is 9.92. The summed E-state index contributed by atoms with van der Waals surface area (Å²) in [6.07, 6.45) is 4.91. The predicted octanol–water partition coefficient (Wildman–Crippen LogP) is 6.46. The smallest absolute Gasteiger partial charge is 0.316 e. The highest BCUT2D eigenvalue weighted by Gasteiger charge is 2.34. The topological polar surface area (TPSA) is 109 Å². The van der Waals surface area contributed by atoms with Gasteiger partial charge in [-0.1, -0.05) is 36.4 Å². The minimum absolute atomic E-state index is 0.140. The summed E-state index contributed by atoms with van der Waals surface area (Å²) < 4.78 is 2.15. The van der Waals surface area contributed by atoms with Crippen molar-refractivity contribution in [3.05, 3.63) is 102 Å². The van der Waals surface area contributed by atoms with Crippen molar-refractivity contribution in [3.8, 4) is 39.6 Å². The third kappa shape index (κ3) is 3.42. The highest BCUT2D eigenvalue weighted by atomic mass is 16.6. The molecule has 3 heterocycles. The van der Waals surface area contributed by atoms with Gasteiger partial charge in [0.2, 0.25) is 0 Å². The van der Waals surface area contributed by atoms with Crippen LogP contribution < -0.4 is 11.1 Å². The molecule has 2 aromatic heterocycles. The molecule has 186 valence electrons. The molecule has 7 rings (SSSR count). The lowest BCUT2D eigenvalue weighted by Crippen LogP contribution is -2.43. The fourth-order valence-corrected chi connectivity index (χ4v) is 5.44. The number of pyridine rings is 1. The van der Waals surface area contributed by atoms with E-state index in [9.17, 15) is 10.1 Å². The van der Waals surface area contributed by atoms with E-state index in [1.807, 2.05) is 36.4 Å². The molecule has 1 aliphatic carbocycles. The monoisotopic (exact) mass is 501 g/mol. The average Bonchev–Trinajstić information content (AvgIpc) is 3.26. The Kier molecular flexibility index (Phi) is 4.92. The molecule has 1 fully saturated rings. The minimum atomic E-state index is -0.251. The zero-order chi connectivity index (χ0) is 25.9. The minimum Gasteiger partial charge on any atom is -0.338 e. The maximum absolute atomic E-state index is 11.4. The van der Waals surface area contributed by atoms with Crippen molar-refractivity contribution in [2.75, 3.05) is 5.32 Å². The highest BCUT2D eigenvalue weighted by Crippen LogP contribution is 2.45. The van der Waals surface area contributed by atoms with Crippen molar-refractivity contribution in [1.82, 2.24) is 14.5 Å². The van der Waals surface area contributed by atoms with Gasteiger partial charge in [0.1, 0.15) is 5.82 Å². The summed E-state index contributed by atoms with van der Waals surface area (Å²) >= 11 is 0. The van der Waals surface area contributed by atoms with Crippen molar-refractivity contribution < 1.29 is 10.1 Å². The van der Waals surface area contributed by atoms with Gasteiger partial charge in [0.15, 0.2) is 5.82 Å². The van der Waals surface area contributed by atoms with Gasteiger partial charge in [0.05, 0.1) is 27.7 Å². The first-order valence-electron chi connectivity index (χ1n) is 12.6.